The van der Waals surface area contributed by atoms with Crippen molar-refractivity contribution in [2.75, 3.05) is 42.9 Å². The minimum absolute atomic E-state index is 0.161. The van der Waals surface area contributed by atoms with Gasteiger partial charge in [-0.25, -0.2) is 13.8 Å². The summed E-state index contributed by atoms with van der Waals surface area (Å²) in [6.07, 6.45) is 9.00. The van der Waals surface area contributed by atoms with Crippen LogP contribution in [-0.2, 0) is 22.4 Å². The lowest BCUT2D eigenvalue weighted by Crippen LogP contribution is -2.41. The first-order valence-corrected chi connectivity index (χ1v) is 17.6. The maximum Gasteiger partial charge on any atom is 0.276 e. The molecule has 0 spiro atoms. The Hall–Kier alpha value is -4.26. The summed E-state index contributed by atoms with van der Waals surface area (Å²) < 4.78 is 28.6. The van der Waals surface area contributed by atoms with Gasteiger partial charge in [-0.1, -0.05) is 13.0 Å². The van der Waals surface area contributed by atoms with Crippen LogP contribution in [0.25, 0.3) is 0 Å². The average Bonchev–Trinajstić information content (AvgIpc) is 3.33. The number of halogens is 2. The SMILES string of the molecule is CC12Cc3[nH]nc(C(=O)Nc4ccc(C5CCN(CC6CCN(c7ccc(C8CCC(=O)NC8=O)cn7)CC6)CC5)nc4)c3CC1C2(F)F. The predicted octanol–water partition coefficient (Wildman–Crippen LogP) is 4.44. The molecular weight excluding hydrogens is 630 g/mol. The summed E-state index contributed by atoms with van der Waals surface area (Å²) in [7, 11) is 0. The van der Waals surface area contributed by atoms with Crippen molar-refractivity contribution >= 4 is 29.2 Å². The van der Waals surface area contributed by atoms with Gasteiger partial charge in [0, 0.05) is 72.9 Å². The van der Waals surface area contributed by atoms with Gasteiger partial charge in [0.2, 0.25) is 11.8 Å². The third kappa shape index (κ3) is 5.89. The molecule has 3 aliphatic heterocycles. The number of amides is 3. The van der Waals surface area contributed by atoms with Gasteiger partial charge in [0.1, 0.15) is 5.82 Å². The van der Waals surface area contributed by atoms with Gasteiger partial charge in [0.05, 0.1) is 17.8 Å². The molecule has 3 saturated heterocycles. The third-order valence-electron chi connectivity index (χ3n) is 11.9. The fourth-order valence-corrected chi connectivity index (χ4v) is 8.63. The van der Waals surface area contributed by atoms with Crippen molar-refractivity contribution in [2.45, 2.75) is 76.0 Å². The highest BCUT2D eigenvalue weighted by molar-refractivity contribution is 6.04. The number of nitrogens with zero attached hydrogens (tertiary/aromatic N) is 5. The standard InChI is InChI=1S/C36H42F2N8O3/c1-35-17-28-26(16-29(35)36(35,37)38)32(44-43-28)34(49)41-24-3-5-27(39-19-24)22-10-12-45(13-11-22)20-21-8-14-46(15-9-21)30-6-2-23(18-40-30)25-4-7-31(47)42-33(25)48/h2-3,5-6,18-19,21-22,25,29H,4,7-17,20H2,1H3,(H,41,49)(H,43,44)(H,42,47,48). The lowest BCUT2D eigenvalue weighted by atomic mass is 9.87. The molecule has 1 saturated carbocycles. The van der Waals surface area contributed by atoms with Gasteiger partial charge < -0.3 is 15.1 Å². The van der Waals surface area contributed by atoms with Crippen LogP contribution in [0.1, 0.15) is 90.3 Å². The second kappa shape index (κ2) is 12.3. The quantitative estimate of drug-likeness (QED) is 0.314. The Labute approximate surface area is 283 Å². The summed E-state index contributed by atoms with van der Waals surface area (Å²) >= 11 is 0. The zero-order valence-corrected chi connectivity index (χ0v) is 27.7. The van der Waals surface area contributed by atoms with Gasteiger partial charge in [-0.15, -0.1) is 0 Å². The molecule has 4 fully saturated rings. The minimum atomic E-state index is -2.70. The zero-order chi connectivity index (χ0) is 33.9. The van der Waals surface area contributed by atoms with Crippen molar-refractivity contribution in [1.29, 1.82) is 0 Å². The molecule has 11 nitrogen and oxygen atoms in total. The van der Waals surface area contributed by atoms with Crippen LogP contribution in [0, 0.1) is 17.3 Å². The summed E-state index contributed by atoms with van der Waals surface area (Å²) in [6, 6.07) is 7.81. The van der Waals surface area contributed by atoms with Gasteiger partial charge in [0.25, 0.3) is 11.8 Å². The van der Waals surface area contributed by atoms with Crippen molar-refractivity contribution in [2.24, 2.45) is 17.3 Å². The second-order valence-electron chi connectivity index (χ2n) is 14.9. The number of pyridine rings is 2. The molecule has 2 aliphatic carbocycles. The van der Waals surface area contributed by atoms with E-state index < -0.39 is 23.2 Å². The Kier molecular flexibility index (Phi) is 8.00. The normalized spacial score (nSPS) is 27.3. The van der Waals surface area contributed by atoms with Crippen molar-refractivity contribution in [1.82, 2.24) is 30.4 Å². The van der Waals surface area contributed by atoms with E-state index in [1.807, 2.05) is 24.3 Å². The van der Waals surface area contributed by atoms with E-state index in [0.717, 1.165) is 75.5 Å². The third-order valence-corrected chi connectivity index (χ3v) is 11.9. The number of anilines is 2. The molecule has 3 N–H and O–H groups in total. The summed E-state index contributed by atoms with van der Waals surface area (Å²) in [5, 5.41) is 12.3. The number of nitrogens with one attached hydrogen (secondary N) is 3. The average molecular weight is 673 g/mol. The molecule has 49 heavy (non-hydrogen) atoms. The van der Waals surface area contributed by atoms with E-state index >= 15 is 0 Å². The van der Waals surface area contributed by atoms with Crippen LogP contribution in [0.3, 0.4) is 0 Å². The fraction of sp³-hybridized carbons (Fsp3) is 0.556. The monoisotopic (exact) mass is 672 g/mol. The largest absolute Gasteiger partial charge is 0.357 e. The molecule has 3 aromatic rings. The molecule has 6 heterocycles. The number of rotatable bonds is 7. The molecule has 3 amide bonds. The van der Waals surface area contributed by atoms with Gasteiger partial charge in [-0.05, 0) is 81.3 Å². The Morgan fingerprint density at radius 1 is 1.00 bits per heavy atom. The molecule has 3 unspecified atom stereocenters. The van der Waals surface area contributed by atoms with Crippen LogP contribution in [0.2, 0.25) is 0 Å². The number of carbonyl (C=O) groups is 3. The number of H-pyrrole nitrogens is 1. The number of piperidine rings is 3. The molecule has 0 bridgehead atoms. The van der Waals surface area contributed by atoms with Crippen molar-refractivity contribution in [3.63, 3.8) is 0 Å². The summed E-state index contributed by atoms with van der Waals surface area (Å²) in [6.45, 7) is 6.66. The Morgan fingerprint density at radius 3 is 2.49 bits per heavy atom. The Balaban J connectivity index is 0.778. The summed E-state index contributed by atoms with van der Waals surface area (Å²) in [5.41, 5.74) is 2.84. The van der Waals surface area contributed by atoms with E-state index in [1.54, 1.807) is 19.3 Å². The number of aromatic amines is 1. The second-order valence-corrected chi connectivity index (χ2v) is 14.9. The van der Waals surface area contributed by atoms with Crippen molar-refractivity contribution < 1.29 is 23.2 Å². The number of carbonyl (C=O) groups excluding carboxylic acids is 3. The van der Waals surface area contributed by atoms with Crippen LogP contribution in [-0.4, -0.2) is 81.4 Å². The number of likely N-dealkylation sites (tertiary alicyclic amines) is 1. The van der Waals surface area contributed by atoms with E-state index in [2.05, 4.69) is 40.6 Å². The number of hydrogen-bond acceptors (Lipinski definition) is 8. The van der Waals surface area contributed by atoms with Gasteiger partial charge >= 0.3 is 0 Å². The maximum atomic E-state index is 14.3. The predicted molar refractivity (Wildman–Crippen MR) is 177 cm³/mol. The molecule has 5 aliphatic rings. The van der Waals surface area contributed by atoms with E-state index in [1.165, 1.54) is 0 Å². The van der Waals surface area contributed by atoms with E-state index in [-0.39, 0.29) is 36.3 Å². The number of imide groups is 1. The highest BCUT2D eigenvalue weighted by atomic mass is 19.3. The molecule has 0 aromatic carbocycles. The van der Waals surface area contributed by atoms with Gasteiger partial charge in [-0.3, -0.25) is 29.8 Å². The summed E-state index contributed by atoms with van der Waals surface area (Å²) in [5.74, 6) is -2.65. The molecular formula is C36H42F2N8O3. The van der Waals surface area contributed by atoms with Crippen LogP contribution >= 0.6 is 0 Å². The van der Waals surface area contributed by atoms with Gasteiger partial charge in [-0.2, -0.15) is 5.10 Å². The Bertz CT molecular complexity index is 1750. The highest BCUT2D eigenvalue weighted by Gasteiger charge is 2.78. The molecule has 13 heteroatoms. The smallest absolute Gasteiger partial charge is 0.276 e. The first kappa shape index (κ1) is 32.0. The highest BCUT2D eigenvalue weighted by Crippen LogP contribution is 2.70. The molecule has 3 atom stereocenters. The number of hydrogen-bond donors (Lipinski definition) is 3. The molecule has 258 valence electrons. The maximum absolute atomic E-state index is 14.3. The lowest BCUT2D eigenvalue weighted by Gasteiger charge is -2.38. The molecule has 3 aromatic heterocycles. The van der Waals surface area contributed by atoms with Crippen LogP contribution in [0.4, 0.5) is 20.3 Å². The molecule has 0 radical (unpaired) electrons. The first-order valence-electron chi connectivity index (χ1n) is 17.6. The van der Waals surface area contributed by atoms with E-state index in [0.29, 0.717) is 41.6 Å². The zero-order valence-electron chi connectivity index (χ0n) is 27.7. The Morgan fingerprint density at radius 2 is 1.80 bits per heavy atom. The topological polar surface area (TPSA) is 136 Å². The lowest BCUT2D eigenvalue weighted by molar-refractivity contribution is -0.134. The van der Waals surface area contributed by atoms with E-state index in [4.69, 9.17) is 0 Å². The number of fused-ring (bicyclic) bond motifs is 2. The van der Waals surface area contributed by atoms with E-state index in [9.17, 15) is 23.2 Å². The fourth-order valence-electron chi connectivity index (χ4n) is 8.63. The van der Waals surface area contributed by atoms with Gasteiger partial charge in [0.15, 0.2) is 5.69 Å². The van der Waals surface area contributed by atoms with Crippen molar-refractivity contribution in [3.05, 3.63) is 64.9 Å². The van der Waals surface area contributed by atoms with Crippen molar-refractivity contribution in [3.8, 4) is 0 Å². The summed E-state index contributed by atoms with van der Waals surface area (Å²) in [4.78, 5) is 51.0. The first-order chi connectivity index (χ1) is 23.6. The molecule has 8 rings (SSSR count). The van der Waals surface area contributed by atoms with Crippen LogP contribution in [0.15, 0.2) is 36.7 Å². The van der Waals surface area contributed by atoms with Crippen LogP contribution < -0.4 is 15.5 Å². The number of aromatic nitrogens is 4. The number of alkyl halides is 2. The minimum Gasteiger partial charge on any atom is -0.357 e. The van der Waals surface area contributed by atoms with Crippen LogP contribution in [0.5, 0.6) is 0 Å².